The first-order valence-corrected chi connectivity index (χ1v) is 7.43. The summed E-state index contributed by atoms with van der Waals surface area (Å²) in [5.41, 5.74) is 2.39. The van der Waals surface area contributed by atoms with Gasteiger partial charge in [0.2, 0.25) is 0 Å². The van der Waals surface area contributed by atoms with Gasteiger partial charge in [-0.2, -0.15) is 0 Å². The van der Waals surface area contributed by atoms with Crippen LogP contribution in [0.2, 0.25) is 0 Å². The molecule has 1 aromatic carbocycles. The molecule has 2 rings (SSSR count). The largest absolute Gasteiger partial charge is 0.314 e. The average molecular weight is 301 g/mol. The minimum Gasteiger partial charge on any atom is -0.314 e. The van der Waals surface area contributed by atoms with Gasteiger partial charge in [0.1, 0.15) is 5.82 Å². The number of piperazine rings is 1. The van der Waals surface area contributed by atoms with Gasteiger partial charge in [-0.3, -0.25) is 4.90 Å². The molecule has 0 aromatic heterocycles. The molecule has 0 spiro atoms. The minimum absolute atomic E-state index is 0. The molecular formula is C16H26ClFN2. The molecule has 1 aliphatic rings. The highest BCUT2D eigenvalue weighted by atomic mass is 35.5. The first kappa shape index (κ1) is 17.4. The molecule has 0 radical (unpaired) electrons. The Labute approximate surface area is 128 Å². The van der Waals surface area contributed by atoms with E-state index in [1.54, 1.807) is 12.1 Å². The summed E-state index contributed by atoms with van der Waals surface area (Å²) in [4.78, 5) is 2.55. The lowest BCUT2D eigenvalue weighted by Crippen LogP contribution is -2.45. The van der Waals surface area contributed by atoms with Crippen LogP contribution >= 0.6 is 12.4 Å². The Bertz CT molecular complexity index is 405. The fourth-order valence-corrected chi connectivity index (χ4v) is 2.94. The lowest BCUT2D eigenvalue weighted by atomic mass is 9.95. The maximum atomic E-state index is 13.3. The molecule has 2 nitrogen and oxygen atoms in total. The van der Waals surface area contributed by atoms with Crippen LogP contribution in [0, 0.1) is 12.7 Å². The summed E-state index contributed by atoms with van der Waals surface area (Å²) in [6.45, 7) is 8.55. The summed E-state index contributed by atoms with van der Waals surface area (Å²) in [5, 5.41) is 3.40. The van der Waals surface area contributed by atoms with Crippen LogP contribution in [0.15, 0.2) is 18.2 Å². The van der Waals surface area contributed by atoms with Gasteiger partial charge in [0.05, 0.1) is 0 Å². The third kappa shape index (κ3) is 4.44. The smallest absolute Gasteiger partial charge is 0.123 e. The second-order valence-electron chi connectivity index (χ2n) is 5.44. The van der Waals surface area contributed by atoms with Gasteiger partial charge in [-0.25, -0.2) is 4.39 Å². The fourth-order valence-electron chi connectivity index (χ4n) is 2.94. The van der Waals surface area contributed by atoms with Crippen LogP contribution in [-0.4, -0.2) is 31.1 Å². The van der Waals surface area contributed by atoms with E-state index in [2.05, 4.69) is 17.1 Å². The van der Waals surface area contributed by atoms with E-state index in [0.717, 1.165) is 31.7 Å². The van der Waals surface area contributed by atoms with E-state index in [0.29, 0.717) is 6.04 Å². The average Bonchev–Trinajstić information content (AvgIpc) is 2.42. The summed E-state index contributed by atoms with van der Waals surface area (Å²) in [5.74, 6) is -0.129. The Hall–Kier alpha value is -0.640. The first-order valence-electron chi connectivity index (χ1n) is 7.43. The van der Waals surface area contributed by atoms with Gasteiger partial charge in [0, 0.05) is 32.2 Å². The first-order chi connectivity index (χ1) is 9.22. The van der Waals surface area contributed by atoms with Crippen molar-refractivity contribution in [3.63, 3.8) is 0 Å². The van der Waals surface area contributed by atoms with Gasteiger partial charge in [-0.1, -0.05) is 25.8 Å². The number of nitrogens with zero attached hydrogens (tertiary/aromatic N) is 1. The van der Waals surface area contributed by atoms with Crippen molar-refractivity contribution in [1.29, 1.82) is 0 Å². The van der Waals surface area contributed by atoms with Crippen molar-refractivity contribution in [2.75, 3.05) is 26.2 Å². The second-order valence-corrected chi connectivity index (χ2v) is 5.44. The lowest BCUT2D eigenvalue weighted by Gasteiger charge is -2.36. The molecule has 114 valence electrons. The van der Waals surface area contributed by atoms with Gasteiger partial charge in [0.25, 0.3) is 0 Å². The fraction of sp³-hybridized carbons (Fsp3) is 0.625. The van der Waals surface area contributed by atoms with Crippen LogP contribution in [0.4, 0.5) is 4.39 Å². The van der Waals surface area contributed by atoms with Crippen molar-refractivity contribution in [2.24, 2.45) is 0 Å². The molecule has 0 saturated carbocycles. The van der Waals surface area contributed by atoms with Crippen molar-refractivity contribution in [2.45, 2.75) is 39.2 Å². The summed E-state index contributed by atoms with van der Waals surface area (Å²) < 4.78 is 13.3. The molecule has 20 heavy (non-hydrogen) atoms. The lowest BCUT2D eigenvalue weighted by molar-refractivity contribution is 0.162. The Morgan fingerprint density at radius 2 is 2.00 bits per heavy atom. The monoisotopic (exact) mass is 300 g/mol. The minimum atomic E-state index is -0.129. The van der Waals surface area contributed by atoms with E-state index >= 15 is 0 Å². The van der Waals surface area contributed by atoms with Crippen LogP contribution < -0.4 is 5.32 Å². The molecule has 0 bridgehead atoms. The van der Waals surface area contributed by atoms with Crippen LogP contribution in [-0.2, 0) is 0 Å². The van der Waals surface area contributed by atoms with Gasteiger partial charge in [-0.05, 0) is 36.6 Å². The standard InChI is InChI=1S/C16H25FN2.ClH/c1-3-4-5-16(19-10-8-18-9-11-19)15-7-6-14(17)12-13(15)2;/h6-7,12,16,18H,3-5,8-11H2,1-2H3;1H/t16-;/m1./s1. The van der Waals surface area contributed by atoms with Crippen LogP contribution in [0.25, 0.3) is 0 Å². The van der Waals surface area contributed by atoms with Crippen molar-refractivity contribution in [3.8, 4) is 0 Å². The molecule has 1 heterocycles. The Morgan fingerprint density at radius 3 is 2.60 bits per heavy atom. The number of benzene rings is 1. The summed E-state index contributed by atoms with van der Waals surface area (Å²) in [7, 11) is 0. The van der Waals surface area contributed by atoms with Gasteiger partial charge < -0.3 is 5.32 Å². The molecule has 1 atom stereocenters. The Kier molecular flexibility index (Phi) is 7.49. The Balaban J connectivity index is 0.00000200. The normalized spacial score (nSPS) is 17.6. The molecule has 1 aromatic rings. The van der Waals surface area contributed by atoms with Gasteiger partial charge in [-0.15, -0.1) is 12.4 Å². The molecular weight excluding hydrogens is 275 g/mol. The number of aryl methyl sites for hydroxylation is 1. The highest BCUT2D eigenvalue weighted by Crippen LogP contribution is 2.29. The van der Waals surface area contributed by atoms with Crippen LogP contribution in [0.1, 0.15) is 43.4 Å². The maximum Gasteiger partial charge on any atom is 0.123 e. The van der Waals surface area contributed by atoms with E-state index in [1.165, 1.54) is 24.8 Å². The SMILES string of the molecule is CCCC[C@H](c1ccc(F)cc1C)N1CCNCC1.Cl. The third-order valence-electron chi connectivity index (χ3n) is 4.01. The maximum absolute atomic E-state index is 13.3. The molecule has 0 aliphatic carbocycles. The van der Waals surface area contributed by atoms with Crippen molar-refractivity contribution in [3.05, 3.63) is 35.1 Å². The highest BCUT2D eigenvalue weighted by Gasteiger charge is 2.22. The number of halogens is 2. The zero-order valence-corrected chi connectivity index (χ0v) is 13.3. The summed E-state index contributed by atoms with van der Waals surface area (Å²) in [6, 6.07) is 5.69. The number of rotatable bonds is 5. The molecule has 1 N–H and O–H groups in total. The van der Waals surface area contributed by atoms with E-state index in [1.807, 2.05) is 13.0 Å². The van der Waals surface area contributed by atoms with Gasteiger partial charge in [0.15, 0.2) is 0 Å². The highest BCUT2D eigenvalue weighted by molar-refractivity contribution is 5.85. The Morgan fingerprint density at radius 1 is 1.30 bits per heavy atom. The van der Waals surface area contributed by atoms with Crippen molar-refractivity contribution >= 4 is 12.4 Å². The van der Waals surface area contributed by atoms with Crippen LogP contribution in [0.3, 0.4) is 0 Å². The third-order valence-corrected chi connectivity index (χ3v) is 4.01. The number of nitrogens with one attached hydrogen (secondary N) is 1. The quantitative estimate of drug-likeness (QED) is 0.892. The molecule has 1 fully saturated rings. The molecule has 1 aliphatic heterocycles. The summed E-state index contributed by atoms with van der Waals surface area (Å²) >= 11 is 0. The zero-order chi connectivity index (χ0) is 13.7. The predicted octanol–water partition coefficient (Wildman–Crippen LogP) is 3.69. The van der Waals surface area contributed by atoms with Gasteiger partial charge >= 0.3 is 0 Å². The van der Waals surface area contributed by atoms with Crippen molar-refractivity contribution in [1.82, 2.24) is 10.2 Å². The van der Waals surface area contributed by atoms with Crippen LogP contribution in [0.5, 0.6) is 0 Å². The molecule has 0 unspecified atom stereocenters. The number of unbranched alkanes of at least 4 members (excludes halogenated alkanes) is 1. The zero-order valence-electron chi connectivity index (χ0n) is 12.5. The molecule has 1 saturated heterocycles. The van der Waals surface area contributed by atoms with E-state index in [4.69, 9.17) is 0 Å². The molecule has 4 heteroatoms. The second kappa shape index (κ2) is 8.60. The summed E-state index contributed by atoms with van der Waals surface area (Å²) in [6.07, 6.45) is 3.61. The van der Waals surface area contributed by atoms with E-state index in [9.17, 15) is 4.39 Å². The predicted molar refractivity (Wildman–Crippen MR) is 85.1 cm³/mol. The topological polar surface area (TPSA) is 15.3 Å². The van der Waals surface area contributed by atoms with E-state index in [-0.39, 0.29) is 18.2 Å². The van der Waals surface area contributed by atoms with E-state index < -0.39 is 0 Å². The number of hydrogen-bond donors (Lipinski definition) is 1. The number of hydrogen-bond acceptors (Lipinski definition) is 2. The van der Waals surface area contributed by atoms with Crippen molar-refractivity contribution < 1.29 is 4.39 Å². The molecule has 0 amide bonds.